The molecular formula is C12H6F2N2. The molecule has 0 fully saturated rings. The molecule has 0 saturated carbocycles. The first-order chi connectivity index (χ1) is 7.70. The molecule has 0 amide bonds. The van der Waals surface area contributed by atoms with Gasteiger partial charge in [-0.2, -0.15) is 5.26 Å². The summed E-state index contributed by atoms with van der Waals surface area (Å²) >= 11 is 0. The molecular weight excluding hydrogens is 210 g/mol. The van der Waals surface area contributed by atoms with Crippen molar-refractivity contribution in [2.45, 2.75) is 0 Å². The summed E-state index contributed by atoms with van der Waals surface area (Å²) in [6.45, 7) is 0. The summed E-state index contributed by atoms with van der Waals surface area (Å²) in [4.78, 5) is 3.79. The number of hydrogen-bond donors (Lipinski definition) is 0. The normalized spacial score (nSPS) is 9.81. The van der Waals surface area contributed by atoms with Gasteiger partial charge in [0, 0.05) is 6.20 Å². The van der Waals surface area contributed by atoms with Crippen LogP contribution in [-0.2, 0) is 0 Å². The lowest BCUT2D eigenvalue weighted by Gasteiger charge is -2.02. The van der Waals surface area contributed by atoms with Crippen LogP contribution in [0.5, 0.6) is 0 Å². The zero-order valence-corrected chi connectivity index (χ0v) is 8.11. The molecule has 0 radical (unpaired) electrons. The van der Waals surface area contributed by atoms with Crippen LogP contribution in [0, 0.1) is 23.0 Å². The van der Waals surface area contributed by atoms with Crippen LogP contribution >= 0.6 is 0 Å². The van der Waals surface area contributed by atoms with Crippen LogP contribution in [0.25, 0.3) is 11.1 Å². The summed E-state index contributed by atoms with van der Waals surface area (Å²) in [7, 11) is 0. The zero-order chi connectivity index (χ0) is 11.5. The Morgan fingerprint density at radius 2 is 1.75 bits per heavy atom. The monoisotopic (exact) mass is 216 g/mol. The number of halogens is 2. The fraction of sp³-hybridized carbons (Fsp3) is 0. The molecule has 4 heteroatoms. The smallest absolute Gasteiger partial charge is 0.159 e. The highest BCUT2D eigenvalue weighted by Crippen LogP contribution is 2.21. The highest BCUT2D eigenvalue weighted by atomic mass is 19.2. The summed E-state index contributed by atoms with van der Waals surface area (Å²) in [6, 6.07) is 8.63. The van der Waals surface area contributed by atoms with Crippen molar-refractivity contribution < 1.29 is 8.78 Å². The van der Waals surface area contributed by atoms with Crippen molar-refractivity contribution in [1.82, 2.24) is 4.98 Å². The molecule has 0 N–H and O–H groups in total. The second-order valence-electron chi connectivity index (χ2n) is 3.17. The van der Waals surface area contributed by atoms with Gasteiger partial charge >= 0.3 is 0 Å². The fourth-order valence-electron chi connectivity index (χ4n) is 1.35. The average Bonchev–Trinajstić information content (AvgIpc) is 2.33. The predicted octanol–water partition coefficient (Wildman–Crippen LogP) is 2.90. The van der Waals surface area contributed by atoms with E-state index in [4.69, 9.17) is 5.26 Å². The van der Waals surface area contributed by atoms with Crippen molar-refractivity contribution in [1.29, 1.82) is 5.26 Å². The third-order valence-electron chi connectivity index (χ3n) is 2.13. The van der Waals surface area contributed by atoms with E-state index in [-0.39, 0.29) is 5.69 Å². The summed E-state index contributed by atoms with van der Waals surface area (Å²) in [5.41, 5.74) is 1.38. The maximum Gasteiger partial charge on any atom is 0.159 e. The van der Waals surface area contributed by atoms with Gasteiger partial charge in [0.1, 0.15) is 11.8 Å². The van der Waals surface area contributed by atoms with Gasteiger partial charge < -0.3 is 0 Å². The molecule has 0 bridgehead atoms. The average molecular weight is 216 g/mol. The van der Waals surface area contributed by atoms with E-state index in [1.807, 2.05) is 6.07 Å². The summed E-state index contributed by atoms with van der Waals surface area (Å²) < 4.78 is 25.7. The van der Waals surface area contributed by atoms with Crippen LogP contribution in [0.4, 0.5) is 8.78 Å². The summed E-state index contributed by atoms with van der Waals surface area (Å²) in [5, 5.41) is 8.66. The first-order valence-electron chi connectivity index (χ1n) is 4.52. The molecule has 78 valence electrons. The van der Waals surface area contributed by atoms with Crippen molar-refractivity contribution in [2.24, 2.45) is 0 Å². The molecule has 0 aliphatic rings. The van der Waals surface area contributed by atoms with Gasteiger partial charge in [-0.3, -0.25) is 0 Å². The molecule has 0 aliphatic carbocycles. The number of benzene rings is 1. The van der Waals surface area contributed by atoms with Gasteiger partial charge in [-0.1, -0.05) is 6.07 Å². The van der Waals surface area contributed by atoms with Gasteiger partial charge in [-0.05, 0) is 35.4 Å². The first-order valence-corrected chi connectivity index (χ1v) is 4.52. The van der Waals surface area contributed by atoms with E-state index in [0.717, 1.165) is 12.1 Å². The topological polar surface area (TPSA) is 36.7 Å². The lowest BCUT2D eigenvalue weighted by Crippen LogP contribution is -1.87. The minimum Gasteiger partial charge on any atom is -0.246 e. The molecule has 0 atom stereocenters. The molecule has 2 aromatic rings. The van der Waals surface area contributed by atoms with Crippen molar-refractivity contribution in [2.75, 3.05) is 0 Å². The van der Waals surface area contributed by atoms with E-state index in [1.165, 1.54) is 18.3 Å². The van der Waals surface area contributed by atoms with E-state index >= 15 is 0 Å². The quantitative estimate of drug-likeness (QED) is 0.734. The van der Waals surface area contributed by atoms with E-state index in [0.29, 0.717) is 11.1 Å². The standard InChI is InChI=1S/C12H6F2N2/c13-11-2-1-8(6-12(11)14)9-3-4-16-10(5-9)7-15/h1-6H. The van der Waals surface area contributed by atoms with Crippen LogP contribution in [-0.4, -0.2) is 4.98 Å². The van der Waals surface area contributed by atoms with Gasteiger partial charge in [0.25, 0.3) is 0 Å². The maximum atomic E-state index is 13.0. The third kappa shape index (κ3) is 1.89. The van der Waals surface area contributed by atoms with Crippen LogP contribution in [0.1, 0.15) is 5.69 Å². The Morgan fingerprint density at radius 1 is 1.00 bits per heavy atom. The van der Waals surface area contributed by atoms with Gasteiger partial charge in [0.05, 0.1) is 0 Å². The predicted molar refractivity (Wildman–Crippen MR) is 54.3 cm³/mol. The Balaban J connectivity index is 2.51. The number of nitrogens with zero attached hydrogens (tertiary/aromatic N) is 2. The molecule has 0 aliphatic heterocycles. The number of aromatic nitrogens is 1. The fourth-order valence-corrected chi connectivity index (χ4v) is 1.35. The highest BCUT2D eigenvalue weighted by Gasteiger charge is 2.05. The molecule has 1 heterocycles. The SMILES string of the molecule is N#Cc1cc(-c2ccc(F)c(F)c2)ccn1. The lowest BCUT2D eigenvalue weighted by atomic mass is 10.1. The molecule has 0 spiro atoms. The van der Waals surface area contributed by atoms with Crippen LogP contribution in [0.15, 0.2) is 36.5 Å². The molecule has 1 aromatic carbocycles. The summed E-state index contributed by atoms with van der Waals surface area (Å²) in [5.74, 6) is -1.80. The summed E-state index contributed by atoms with van der Waals surface area (Å²) in [6.07, 6.45) is 1.45. The van der Waals surface area contributed by atoms with Gasteiger partial charge in [-0.25, -0.2) is 13.8 Å². The van der Waals surface area contributed by atoms with Crippen molar-refractivity contribution >= 4 is 0 Å². The number of hydrogen-bond acceptors (Lipinski definition) is 2. The molecule has 2 rings (SSSR count). The Kier molecular flexibility index (Phi) is 2.61. The number of pyridine rings is 1. The van der Waals surface area contributed by atoms with E-state index in [9.17, 15) is 8.78 Å². The molecule has 0 saturated heterocycles. The van der Waals surface area contributed by atoms with Crippen LogP contribution in [0.2, 0.25) is 0 Å². The van der Waals surface area contributed by atoms with E-state index in [1.54, 1.807) is 6.07 Å². The van der Waals surface area contributed by atoms with Crippen molar-refractivity contribution in [3.63, 3.8) is 0 Å². The first kappa shape index (κ1) is 10.2. The van der Waals surface area contributed by atoms with E-state index < -0.39 is 11.6 Å². The lowest BCUT2D eigenvalue weighted by molar-refractivity contribution is 0.509. The minimum absolute atomic E-state index is 0.238. The van der Waals surface area contributed by atoms with Crippen LogP contribution < -0.4 is 0 Å². The van der Waals surface area contributed by atoms with Gasteiger partial charge in [-0.15, -0.1) is 0 Å². The second-order valence-corrected chi connectivity index (χ2v) is 3.17. The Labute approximate surface area is 90.8 Å². The number of rotatable bonds is 1. The van der Waals surface area contributed by atoms with Crippen molar-refractivity contribution in [3.8, 4) is 17.2 Å². The molecule has 0 unspecified atom stereocenters. The van der Waals surface area contributed by atoms with Crippen LogP contribution in [0.3, 0.4) is 0 Å². The minimum atomic E-state index is -0.909. The Bertz CT molecular complexity index is 573. The van der Waals surface area contributed by atoms with Gasteiger partial charge in [0.2, 0.25) is 0 Å². The van der Waals surface area contributed by atoms with E-state index in [2.05, 4.69) is 4.98 Å². The van der Waals surface area contributed by atoms with Gasteiger partial charge in [0.15, 0.2) is 11.6 Å². The zero-order valence-electron chi connectivity index (χ0n) is 8.11. The second kappa shape index (κ2) is 4.07. The Hall–Kier alpha value is -2.28. The largest absolute Gasteiger partial charge is 0.246 e. The molecule has 1 aromatic heterocycles. The third-order valence-corrected chi connectivity index (χ3v) is 2.13. The molecule has 2 nitrogen and oxygen atoms in total. The number of nitriles is 1. The van der Waals surface area contributed by atoms with Crippen molar-refractivity contribution in [3.05, 3.63) is 53.9 Å². The maximum absolute atomic E-state index is 13.0. The highest BCUT2D eigenvalue weighted by molar-refractivity contribution is 5.64. The molecule has 16 heavy (non-hydrogen) atoms. The Morgan fingerprint density at radius 3 is 2.44 bits per heavy atom.